The normalized spacial score (nSPS) is 12.4. The van der Waals surface area contributed by atoms with E-state index in [1.807, 2.05) is 0 Å². The minimum absolute atomic E-state index is 0.186. The van der Waals surface area contributed by atoms with Crippen molar-refractivity contribution in [2.45, 2.75) is 32.5 Å². The average Bonchev–Trinajstić information content (AvgIpc) is 3.10. The first-order valence-corrected chi connectivity index (χ1v) is 9.11. The van der Waals surface area contributed by atoms with Gasteiger partial charge in [0.05, 0.1) is 29.3 Å². The number of nitrogens with zero attached hydrogens (tertiary/aromatic N) is 4. The number of ether oxygens (including phenoxy) is 1. The Morgan fingerprint density at radius 2 is 1.90 bits per heavy atom. The Labute approximate surface area is 173 Å². The first-order valence-electron chi connectivity index (χ1n) is 9.11. The summed E-state index contributed by atoms with van der Waals surface area (Å²) < 4.78 is 68.5. The lowest BCUT2D eigenvalue weighted by Gasteiger charge is -2.19. The predicted octanol–water partition coefficient (Wildman–Crippen LogP) is 4.05. The fourth-order valence-electron chi connectivity index (χ4n) is 2.45. The van der Waals surface area contributed by atoms with E-state index < -0.39 is 18.7 Å². The number of amides is 1. The highest BCUT2D eigenvalue weighted by Gasteiger charge is 2.58. The molecule has 0 aromatic carbocycles. The summed E-state index contributed by atoms with van der Waals surface area (Å²) in [6.07, 6.45) is -1.46. The van der Waals surface area contributed by atoms with Gasteiger partial charge in [-0.25, -0.2) is 4.98 Å². The van der Waals surface area contributed by atoms with Gasteiger partial charge in [0.1, 0.15) is 11.6 Å². The van der Waals surface area contributed by atoms with E-state index in [-0.39, 0.29) is 24.1 Å². The lowest BCUT2D eigenvalue weighted by Crippen LogP contribution is -2.41. The first-order chi connectivity index (χ1) is 14.5. The molecule has 3 heterocycles. The molecule has 1 N–H and O–H groups in total. The molecule has 0 spiro atoms. The van der Waals surface area contributed by atoms with Crippen molar-refractivity contribution >= 4 is 22.6 Å². The van der Waals surface area contributed by atoms with Crippen molar-refractivity contribution in [2.75, 3.05) is 11.9 Å². The van der Waals surface area contributed by atoms with Crippen LogP contribution in [0.1, 0.15) is 19.5 Å². The summed E-state index contributed by atoms with van der Waals surface area (Å²) in [5.74, 6) is -5.24. The number of nitrogens with one attached hydrogen (secondary N) is 1. The molecular weight excluding hydrogens is 425 g/mol. The molecule has 0 aliphatic carbocycles. The van der Waals surface area contributed by atoms with Crippen LogP contribution in [-0.4, -0.2) is 44.4 Å². The fourth-order valence-corrected chi connectivity index (χ4v) is 2.45. The number of halogens is 5. The second kappa shape index (κ2) is 8.44. The zero-order valence-corrected chi connectivity index (χ0v) is 16.5. The van der Waals surface area contributed by atoms with Crippen molar-refractivity contribution in [1.82, 2.24) is 19.7 Å². The summed E-state index contributed by atoms with van der Waals surface area (Å²) in [7, 11) is 0. The minimum Gasteiger partial charge on any atom is -0.485 e. The quantitative estimate of drug-likeness (QED) is 0.558. The van der Waals surface area contributed by atoms with E-state index in [2.05, 4.69) is 25.1 Å². The third kappa shape index (κ3) is 5.25. The number of anilines is 1. The van der Waals surface area contributed by atoms with E-state index in [9.17, 15) is 26.7 Å². The van der Waals surface area contributed by atoms with Gasteiger partial charge < -0.3 is 10.1 Å². The molecule has 0 aliphatic rings. The molecule has 166 valence electrons. The van der Waals surface area contributed by atoms with Crippen LogP contribution in [-0.2, 0) is 11.3 Å². The Morgan fingerprint density at radius 3 is 2.52 bits per heavy atom. The molecule has 0 radical (unpaired) electrons. The van der Waals surface area contributed by atoms with Crippen LogP contribution in [0.4, 0.5) is 27.8 Å². The average molecular weight is 443 g/mol. The van der Waals surface area contributed by atoms with Crippen molar-refractivity contribution in [3.8, 4) is 5.75 Å². The molecule has 0 fully saturated rings. The minimum atomic E-state index is -5.69. The highest BCUT2D eigenvalue weighted by atomic mass is 19.4. The van der Waals surface area contributed by atoms with Gasteiger partial charge >= 0.3 is 12.1 Å². The molecule has 7 nitrogen and oxygen atoms in total. The second-order valence-corrected chi connectivity index (χ2v) is 7.04. The standard InChI is InChI=1S/C19H18F5N5O2/c1-11(2)17(30)27-16-14-9-29(28-15(14)5-6-25-16)8-12-3-4-13(7-26-12)31-10-18(20,21)19(22,23)24/h3-7,9,11H,8,10H2,1-2H3,(H,25,27,30). The van der Waals surface area contributed by atoms with Gasteiger partial charge in [-0.3, -0.25) is 14.5 Å². The number of pyridine rings is 2. The third-order valence-corrected chi connectivity index (χ3v) is 4.20. The summed E-state index contributed by atoms with van der Waals surface area (Å²) in [5.41, 5.74) is 1.05. The highest BCUT2D eigenvalue weighted by molar-refractivity contribution is 5.99. The lowest BCUT2D eigenvalue weighted by molar-refractivity contribution is -0.290. The smallest absolute Gasteiger partial charge is 0.456 e. The second-order valence-electron chi connectivity index (χ2n) is 7.04. The van der Waals surface area contributed by atoms with Gasteiger partial charge in [0.2, 0.25) is 5.91 Å². The van der Waals surface area contributed by atoms with Crippen molar-refractivity contribution in [2.24, 2.45) is 5.92 Å². The van der Waals surface area contributed by atoms with Gasteiger partial charge in [-0.15, -0.1) is 0 Å². The number of aromatic nitrogens is 4. The number of alkyl halides is 5. The zero-order valence-electron chi connectivity index (χ0n) is 16.5. The summed E-state index contributed by atoms with van der Waals surface area (Å²) in [6, 6.07) is 4.34. The SMILES string of the molecule is CC(C)C(=O)Nc1nccc2nn(Cc3ccc(OCC(F)(F)C(F)(F)F)cn3)cc12. The monoisotopic (exact) mass is 443 g/mol. The highest BCUT2D eigenvalue weighted by Crippen LogP contribution is 2.35. The molecule has 0 saturated heterocycles. The molecule has 3 aromatic rings. The molecule has 12 heteroatoms. The van der Waals surface area contributed by atoms with Gasteiger partial charge in [0.15, 0.2) is 6.61 Å². The summed E-state index contributed by atoms with van der Waals surface area (Å²) in [6.45, 7) is 1.86. The van der Waals surface area contributed by atoms with E-state index in [1.54, 1.807) is 26.1 Å². The first kappa shape index (κ1) is 22.4. The van der Waals surface area contributed by atoms with Crippen LogP contribution in [0.2, 0.25) is 0 Å². The van der Waals surface area contributed by atoms with E-state index in [0.717, 1.165) is 6.20 Å². The third-order valence-electron chi connectivity index (χ3n) is 4.20. The van der Waals surface area contributed by atoms with Crippen LogP contribution in [0, 0.1) is 5.92 Å². The molecular formula is C19H18F5N5O2. The summed E-state index contributed by atoms with van der Waals surface area (Å²) in [4.78, 5) is 20.1. The lowest BCUT2D eigenvalue weighted by atomic mass is 10.2. The van der Waals surface area contributed by atoms with Gasteiger partial charge in [-0.05, 0) is 18.2 Å². The molecule has 3 aromatic heterocycles. The molecule has 0 unspecified atom stereocenters. The molecule has 0 saturated carbocycles. The van der Waals surface area contributed by atoms with E-state index >= 15 is 0 Å². The predicted molar refractivity (Wildman–Crippen MR) is 101 cm³/mol. The summed E-state index contributed by atoms with van der Waals surface area (Å²) >= 11 is 0. The molecule has 0 atom stereocenters. The number of fused-ring (bicyclic) bond motifs is 1. The van der Waals surface area contributed by atoms with Crippen LogP contribution < -0.4 is 10.1 Å². The van der Waals surface area contributed by atoms with Gasteiger partial charge in [-0.2, -0.15) is 27.1 Å². The van der Waals surface area contributed by atoms with Gasteiger partial charge in [0, 0.05) is 18.3 Å². The van der Waals surface area contributed by atoms with Gasteiger partial charge in [-0.1, -0.05) is 13.8 Å². The van der Waals surface area contributed by atoms with E-state index in [0.29, 0.717) is 22.4 Å². The maximum Gasteiger partial charge on any atom is 0.456 e. The Hall–Kier alpha value is -3.31. The van der Waals surface area contributed by atoms with Crippen molar-refractivity contribution < 1.29 is 31.5 Å². The zero-order chi connectivity index (χ0) is 22.8. The maximum atomic E-state index is 12.9. The van der Waals surface area contributed by atoms with Crippen molar-refractivity contribution in [1.29, 1.82) is 0 Å². The largest absolute Gasteiger partial charge is 0.485 e. The molecule has 31 heavy (non-hydrogen) atoms. The van der Waals surface area contributed by atoms with Crippen molar-refractivity contribution in [3.63, 3.8) is 0 Å². The molecule has 1 amide bonds. The Morgan fingerprint density at radius 1 is 1.16 bits per heavy atom. The topological polar surface area (TPSA) is 81.9 Å². The molecule has 3 rings (SSSR count). The van der Waals surface area contributed by atoms with Crippen LogP contribution in [0.25, 0.3) is 10.9 Å². The number of hydrogen-bond donors (Lipinski definition) is 1. The Bertz CT molecular complexity index is 1060. The maximum absolute atomic E-state index is 12.9. The van der Waals surface area contributed by atoms with Gasteiger partial charge in [0.25, 0.3) is 0 Å². The van der Waals surface area contributed by atoms with Crippen LogP contribution in [0.5, 0.6) is 5.75 Å². The van der Waals surface area contributed by atoms with Crippen LogP contribution >= 0.6 is 0 Å². The molecule has 0 aliphatic heterocycles. The van der Waals surface area contributed by atoms with Crippen LogP contribution in [0.15, 0.2) is 36.8 Å². The number of rotatable bonds is 7. The summed E-state index contributed by atoms with van der Waals surface area (Å²) in [5, 5.41) is 7.71. The van der Waals surface area contributed by atoms with Crippen molar-refractivity contribution in [3.05, 3.63) is 42.5 Å². The number of carbonyl (C=O) groups excluding carboxylic acids is 1. The Balaban J connectivity index is 1.69. The molecule has 0 bridgehead atoms. The van der Waals surface area contributed by atoms with Crippen LogP contribution in [0.3, 0.4) is 0 Å². The van der Waals surface area contributed by atoms with E-state index in [4.69, 9.17) is 0 Å². The Kier molecular flexibility index (Phi) is 6.09. The number of hydrogen-bond acceptors (Lipinski definition) is 5. The van der Waals surface area contributed by atoms with E-state index in [1.165, 1.54) is 23.0 Å². The number of carbonyl (C=O) groups is 1. The fraction of sp³-hybridized carbons (Fsp3) is 0.368.